The number of halogens is 1. The third-order valence-corrected chi connectivity index (χ3v) is 4.57. The normalized spacial score (nSPS) is 12.2. The summed E-state index contributed by atoms with van der Waals surface area (Å²) in [5.74, 6) is -0.000359. The van der Waals surface area contributed by atoms with Crippen LogP contribution in [-0.4, -0.2) is 9.96 Å². The molecule has 0 fully saturated rings. The predicted octanol–water partition coefficient (Wildman–Crippen LogP) is 3.54. The van der Waals surface area contributed by atoms with Gasteiger partial charge in [-0.1, -0.05) is 30.3 Å². The monoisotopic (exact) mass is 291 g/mol. The molecule has 20 heavy (non-hydrogen) atoms. The van der Waals surface area contributed by atoms with E-state index in [1.54, 1.807) is 6.07 Å². The number of hydrogen-bond acceptors (Lipinski definition) is 2. The molecule has 2 aromatic carbocycles. The van der Waals surface area contributed by atoms with Gasteiger partial charge < -0.3 is 5.73 Å². The average Bonchev–Trinajstić information content (AvgIpc) is 2.44. The Labute approximate surface area is 121 Å². The first-order valence-corrected chi connectivity index (χ1v) is 7.96. The lowest BCUT2D eigenvalue weighted by molar-refractivity contribution is 0.595. The molecule has 1 unspecified atom stereocenters. The molecule has 0 aliphatic rings. The first-order valence-electron chi connectivity index (χ1n) is 6.64. The van der Waals surface area contributed by atoms with E-state index in [1.807, 2.05) is 18.2 Å². The van der Waals surface area contributed by atoms with Gasteiger partial charge in [0.05, 0.1) is 15.7 Å². The summed E-state index contributed by atoms with van der Waals surface area (Å²) in [4.78, 5) is 0.249. The van der Waals surface area contributed by atoms with Crippen molar-refractivity contribution in [3.05, 3.63) is 59.9 Å². The third kappa shape index (κ3) is 4.17. The van der Waals surface area contributed by atoms with Crippen molar-refractivity contribution in [1.82, 2.24) is 0 Å². The van der Waals surface area contributed by atoms with Gasteiger partial charge in [0.15, 0.2) is 0 Å². The lowest BCUT2D eigenvalue weighted by Gasteiger charge is -2.05. The lowest BCUT2D eigenvalue weighted by atomic mass is 10.1. The van der Waals surface area contributed by atoms with Crippen LogP contribution >= 0.6 is 0 Å². The van der Waals surface area contributed by atoms with E-state index in [9.17, 15) is 8.60 Å². The minimum absolute atomic E-state index is 0.249. The van der Waals surface area contributed by atoms with Gasteiger partial charge in [-0.3, -0.25) is 4.21 Å². The lowest BCUT2D eigenvalue weighted by Crippen LogP contribution is -2.02. The van der Waals surface area contributed by atoms with Gasteiger partial charge in [-0.2, -0.15) is 0 Å². The van der Waals surface area contributed by atoms with E-state index in [4.69, 9.17) is 5.73 Å². The van der Waals surface area contributed by atoms with Crippen molar-refractivity contribution in [1.29, 1.82) is 0 Å². The van der Waals surface area contributed by atoms with Crippen LogP contribution in [0.4, 0.5) is 10.1 Å². The smallest absolute Gasteiger partial charge is 0.141 e. The van der Waals surface area contributed by atoms with Crippen LogP contribution in [0.2, 0.25) is 0 Å². The standard InChI is InChI=1S/C16H18FNOS/c17-15-12-14(18)9-10-16(15)20(19)11-5-4-8-13-6-2-1-3-7-13/h1-3,6-7,9-10,12H,4-5,8,11,18H2. The second-order valence-corrected chi connectivity index (χ2v) is 6.22. The van der Waals surface area contributed by atoms with E-state index in [-0.39, 0.29) is 4.90 Å². The molecule has 2 N–H and O–H groups in total. The summed E-state index contributed by atoms with van der Waals surface area (Å²) >= 11 is 0. The van der Waals surface area contributed by atoms with Gasteiger partial charge in [0.2, 0.25) is 0 Å². The second kappa shape index (κ2) is 7.20. The van der Waals surface area contributed by atoms with Crippen molar-refractivity contribution in [3.8, 4) is 0 Å². The summed E-state index contributed by atoms with van der Waals surface area (Å²) in [6, 6.07) is 14.5. The van der Waals surface area contributed by atoms with Crippen LogP contribution < -0.4 is 5.73 Å². The summed E-state index contributed by atoms with van der Waals surface area (Å²) in [6.07, 6.45) is 2.72. The maximum atomic E-state index is 13.6. The minimum Gasteiger partial charge on any atom is -0.399 e. The Balaban J connectivity index is 1.80. The number of anilines is 1. The molecular formula is C16H18FNOS. The Bertz CT molecular complexity index is 586. The van der Waals surface area contributed by atoms with E-state index in [2.05, 4.69) is 12.1 Å². The molecule has 0 spiro atoms. The highest BCUT2D eigenvalue weighted by Gasteiger charge is 2.09. The highest BCUT2D eigenvalue weighted by atomic mass is 32.2. The van der Waals surface area contributed by atoms with Crippen molar-refractivity contribution < 1.29 is 8.60 Å². The molecule has 0 saturated heterocycles. The summed E-state index contributed by atoms with van der Waals surface area (Å²) in [7, 11) is -1.29. The molecule has 0 bridgehead atoms. The summed E-state index contributed by atoms with van der Waals surface area (Å²) in [6.45, 7) is 0. The van der Waals surface area contributed by atoms with Crippen molar-refractivity contribution in [3.63, 3.8) is 0 Å². The van der Waals surface area contributed by atoms with Gasteiger partial charge in [-0.25, -0.2) is 4.39 Å². The number of hydrogen-bond donors (Lipinski definition) is 1. The number of rotatable bonds is 6. The zero-order chi connectivity index (χ0) is 14.4. The predicted molar refractivity (Wildman–Crippen MR) is 81.5 cm³/mol. The number of benzene rings is 2. The van der Waals surface area contributed by atoms with Crippen molar-refractivity contribution in [2.45, 2.75) is 24.2 Å². The van der Waals surface area contributed by atoms with Crippen LogP contribution in [0, 0.1) is 5.82 Å². The fraction of sp³-hybridized carbons (Fsp3) is 0.250. The number of nitrogen functional groups attached to an aromatic ring is 1. The van der Waals surface area contributed by atoms with Crippen LogP contribution in [0.15, 0.2) is 53.4 Å². The van der Waals surface area contributed by atoms with E-state index in [0.29, 0.717) is 11.4 Å². The highest BCUT2D eigenvalue weighted by Crippen LogP contribution is 2.17. The number of aryl methyl sites for hydroxylation is 1. The van der Waals surface area contributed by atoms with Crippen LogP contribution in [0.1, 0.15) is 18.4 Å². The largest absolute Gasteiger partial charge is 0.399 e. The molecule has 106 valence electrons. The first kappa shape index (κ1) is 14.7. The topological polar surface area (TPSA) is 43.1 Å². The SMILES string of the molecule is Nc1ccc(S(=O)CCCCc2ccccc2)c(F)c1. The van der Waals surface area contributed by atoms with Crippen molar-refractivity contribution in [2.24, 2.45) is 0 Å². The second-order valence-electron chi connectivity index (χ2n) is 4.68. The average molecular weight is 291 g/mol. The van der Waals surface area contributed by atoms with Crippen LogP contribution in [0.5, 0.6) is 0 Å². The Kier molecular flexibility index (Phi) is 5.30. The van der Waals surface area contributed by atoms with Gasteiger partial charge in [0.1, 0.15) is 5.82 Å². The molecule has 2 rings (SSSR count). The summed E-state index contributed by atoms with van der Waals surface area (Å²) < 4.78 is 25.6. The van der Waals surface area contributed by atoms with Crippen molar-refractivity contribution in [2.75, 3.05) is 11.5 Å². The first-order chi connectivity index (χ1) is 9.66. The van der Waals surface area contributed by atoms with Gasteiger partial charge in [0, 0.05) is 11.4 Å². The minimum atomic E-state index is -1.29. The van der Waals surface area contributed by atoms with E-state index >= 15 is 0 Å². The van der Waals surface area contributed by atoms with Crippen LogP contribution in [0.25, 0.3) is 0 Å². The molecule has 2 aromatic rings. The van der Waals surface area contributed by atoms with Gasteiger partial charge in [-0.15, -0.1) is 0 Å². The summed E-state index contributed by atoms with van der Waals surface area (Å²) in [5, 5.41) is 0. The molecule has 0 aromatic heterocycles. The van der Waals surface area contributed by atoms with E-state index < -0.39 is 16.6 Å². The van der Waals surface area contributed by atoms with Crippen LogP contribution in [0.3, 0.4) is 0 Å². The Morgan fingerprint density at radius 1 is 1.05 bits per heavy atom. The molecule has 2 nitrogen and oxygen atoms in total. The Hall–Kier alpha value is -1.68. The maximum Gasteiger partial charge on any atom is 0.141 e. The Morgan fingerprint density at radius 3 is 2.50 bits per heavy atom. The molecule has 4 heteroatoms. The van der Waals surface area contributed by atoms with Crippen molar-refractivity contribution >= 4 is 16.5 Å². The Morgan fingerprint density at radius 2 is 1.80 bits per heavy atom. The quantitative estimate of drug-likeness (QED) is 0.653. The molecule has 0 aliphatic carbocycles. The molecule has 0 radical (unpaired) electrons. The van der Waals surface area contributed by atoms with Gasteiger partial charge in [0.25, 0.3) is 0 Å². The van der Waals surface area contributed by atoms with E-state index in [0.717, 1.165) is 19.3 Å². The molecule has 0 aliphatic heterocycles. The fourth-order valence-corrected chi connectivity index (χ4v) is 3.20. The maximum absolute atomic E-state index is 13.6. The molecule has 1 atom stereocenters. The molecule has 0 amide bonds. The van der Waals surface area contributed by atoms with E-state index in [1.165, 1.54) is 17.7 Å². The highest BCUT2D eigenvalue weighted by molar-refractivity contribution is 7.85. The van der Waals surface area contributed by atoms with Gasteiger partial charge >= 0.3 is 0 Å². The molecule has 0 saturated carbocycles. The zero-order valence-corrected chi connectivity index (χ0v) is 12.0. The molecular weight excluding hydrogens is 273 g/mol. The third-order valence-electron chi connectivity index (χ3n) is 3.09. The number of nitrogens with two attached hydrogens (primary N) is 1. The van der Waals surface area contributed by atoms with Gasteiger partial charge in [-0.05, 0) is 43.0 Å². The fourth-order valence-electron chi connectivity index (χ4n) is 2.02. The zero-order valence-electron chi connectivity index (χ0n) is 11.2. The summed E-state index contributed by atoms with van der Waals surface area (Å²) in [5.41, 5.74) is 7.10. The van der Waals surface area contributed by atoms with Crippen LogP contribution in [-0.2, 0) is 17.2 Å². The number of unbranched alkanes of at least 4 members (excludes halogenated alkanes) is 1. The molecule has 0 heterocycles.